The Bertz CT molecular complexity index is 680. The molecular formula is C18H23N3. The van der Waals surface area contributed by atoms with E-state index in [-0.39, 0.29) is 5.54 Å². The molecular weight excluding hydrogens is 258 g/mol. The minimum Gasteiger partial charge on any atom is -0.352 e. The zero-order valence-electron chi connectivity index (χ0n) is 13.1. The van der Waals surface area contributed by atoms with Crippen molar-refractivity contribution >= 4 is 5.69 Å². The van der Waals surface area contributed by atoms with Gasteiger partial charge in [-0.1, -0.05) is 31.0 Å². The van der Waals surface area contributed by atoms with Crippen molar-refractivity contribution in [1.29, 1.82) is 0 Å². The molecule has 2 aromatic rings. The molecule has 1 atom stereocenters. The summed E-state index contributed by atoms with van der Waals surface area (Å²) in [5.74, 6) is 0. The van der Waals surface area contributed by atoms with Gasteiger partial charge in [-0.05, 0) is 38.3 Å². The van der Waals surface area contributed by atoms with Crippen LogP contribution in [0.2, 0.25) is 0 Å². The summed E-state index contributed by atoms with van der Waals surface area (Å²) in [7, 11) is 2.15. The predicted molar refractivity (Wildman–Crippen MR) is 85.4 cm³/mol. The number of aromatic nitrogens is 2. The van der Waals surface area contributed by atoms with Crippen LogP contribution in [0.5, 0.6) is 0 Å². The first-order valence-electron chi connectivity index (χ1n) is 8.02. The lowest BCUT2D eigenvalue weighted by molar-refractivity contribution is 0.395. The number of nitrogens with zero attached hydrogens (tertiary/aromatic N) is 3. The summed E-state index contributed by atoms with van der Waals surface area (Å²) in [5.41, 5.74) is 5.64. The third-order valence-electron chi connectivity index (χ3n) is 5.46. The van der Waals surface area contributed by atoms with E-state index in [1.54, 1.807) is 0 Å². The smallest absolute Gasteiger partial charge is 0.0950 e. The van der Waals surface area contributed by atoms with Crippen LogP contribution in [0.4, 0.5) is 5.69 Å². The Morgan fingerprint density at radius 2 is 1.90 bits per heavy atom. The van der Waals surface area contributed by atoms with E-state index in [1.165, 1.54) is 48.3 Å². The van der Waals surface area contributed by atoms with Crippen molar-refractivity contribution in [2.45, 2.75) is 51.1 Å². The lowest BCUT2D eigenvalue weighted by Crippen LogP contribution is -2.41. The van der Waals surface area contributed by atoms with Crippen molar-refractivity contribution in [3.8, 4) is 0 Å². The van der Waals surface area contributed by atoms with E-state index in [1.807, 2.05) is 6.33 Å². The number of anilines is 1. The highest BCUT2D eigenvalue weighted by Gasteiger charge is 2.53. The van der Waals surface area contributed by atoms with Crippen LogP contribution >= 0.6 is 0 Å². The fourth-order valence-corrected chi connectivity index (χ4v) is 4.64. The Morgan fingerprint density at radius 3 is 2.62 bits per heavy atom. The van der Waals surface area contributed by atoms with Crippen molar-refractivity contribution in [3.63, 3.8) is 0 Å². The molecule has 1 aromatic heterocycles. The second-order valence-electron chi connectivity index (χ2n) is 6.66. The summed E-state index contributed by atoms with van der Waals surface area (Å²) in [6.07, 6.45) is 7.13. The SMILES string of the molecule is Cc1ccccc1N1C(C)c2ncn(C)c2C12CCCC2. The standard InChI is InChI=1S/C18H23N3/c1-13-8-4-5-9-15(13)21-14(2)16-17(20(3)12-19-16)18(21)10-6-7-11-18/h4-5,8-9,12,14H,6-7,10-11H2,1-3H3. The molecule has 21 heavy (non-hydrogen) atoms. The summed E-state index contributed by atoms with van der Waals surface area (Å²) in [5, 5.41) is 0. The number of aryl methyl sites for hydroxylation is 2. The minimum atomic E-state index is 0.159. The minimum absolute atomic E-state index is 0.159. The average molecular weight is 281 g/mol. The maximum absolute atomic E-state index is 4.72. The third kappa shape index (κ3) is 1.57. The molecule has 1 unspecified atom stereocenters. The second kappa shape index (κ2) is 4.36. The fourth-order valence-electron chi connectivity index (χ4n) is 4.64. The second-order valence-corrected chi connectivity index (χ2v) is 6.66. The van der Waals surface area contributed by atoms with E-state index in [4.69, 9.17) is 4.98 Å². The first kappa shape index (κ1) is 12.9. The summed E-state index contributed by atoms with van der Waals surface area (Å²) in [4.78, 5) is 7.38. The van der Waals surface area contributed by atoms with Gasteiger partial charge in [0.15, 0.2) is 0 Å². The molecule has 0 bridgehead atoms. The number of fused-ring (bicyclic) bond motifs is 2. The van der Waals surface area contributed by atoms with Crippen LogP contribution in [0.1, 0.15) is 55.6 Å². The molecule has 3 nitrogen and oxygen atoms in total. The summed E-state index contributed by atoms with van der Waals surface area (Å²) < 4.78 is 2.26. The van der Waals surface area contributed by atoms with Gasteiger partial charge in [0, 0.05) is 12.7 Å². The van der Waals surface area contributed by atoms with Gasteiger partial charge in [-0.3, -0.25) is 0 Å². The maximum Gasteiger partial charge on any atom is 0.0950 e. The average Bonchev–Trinajstić information content (AvgIpc) is 3.13. The molecule has 2 heterocycles. The zero-order valence-corrected chi connectivity index (χ0v) is 13.1. The van der Waals surface area contributed by atoms with Crippen molar-refractivity contribution in [2.75, 3.05) is 4.90 Å². The van der Waals surface area contributed by atoms with E-state index >= 15 is 0 Å². The Balaban J connectivity index is 1.94. The Labute approximate surface area is 126 Å². The summed E-state index contributed by atoms with van der Waals surface area (Å²) in [6, 6.07) is 9.15. The lowest BCUT2D eigenvalue weighted by Gasteiger charge is -2.41. The molecule has 1 aliphatic carbocycles. The van der Waals surface area contributed by atoms with Crippen LogP contribution in [0.3, 0.4) is 0 Å². The number of imidazole rings is 1. The van der Waals surface area contributed by atoms with E-state index < -0.39 is 0 Å². The van der Waals surface area contributed by atoms with Crippen LogP contribution in [-0.2, 0) is 12.6 Å². The number of hydrogen-bond acceptors (Lipinski definition) is 2. The molecule has 4 rings (SSSR count). The van der Waals surface area contributed by atoms with Crippen LogP contribution in [-0.4, -0.2) is 9.55 Å². The highest BCUT2D eigenvalue weighted by Crippen LogP contribution is 2.56. The van der Waals surface area contributed by atoms with Gasteiger partial charge in [0.1, 0.15) is 0 Å². The molecule has 0 N–H and O–H groups in total. The molecule has 0 radical (unpaired) electrons. The largest absolute Gasteiger partial charge is 0.352 e. The predicted octanol–water partition coefficient (Wildman–Crippen LogP) is 4.08. The highest BCUT2D eigenvalue weighted by atomic mass is 15.3. The molecule has 1 saturated carbocycles. The number of rotatable bonds is 1. The van der Waals surface area contributed by atoms with Gasteiger partial charge in [-0.25, -0.2) is 4.98 Å². The van der Waals surface area contributed by atoms with Gasteiger partial charge < -0.3 is 9.47 Å². The van der Waals surface area contributed by atoms with Crippen molar-refractivity contribution in [3.05, 3.63) is 47.5 Å². The topological polar surface area (TPSA) is 21.1 Å². The van der Waals surface area contributed by atoms with Gasteiger partial charge in [0.2, 0.25) is 0 Å². The first-order valence-corrected chi connectivity index (χ1v) is 8.02. The quantitative estimate of drug-likeness (QED) is 0.785. The molecule has 0 amide bonds. The molecule has 1 aliphatic heterocycles. The van der Waals surface area contributed by atoms with Crippen molar-refractivity contribution in [2.24, 2.45) is 7.05 Å². The summed E-state index contributed by atoms with van der Waals surface area (Å²) in [6.45, 7) is 4.53. The highest BCUT2D eigenvalue weighted by molar-refractivity contribution is 5.61. The van der Waals surface area contributed by atoms with Gasteiger partial charge >= 0.3 is 0 Å². The molecule has 1 aromatic carbocycles. The van der Waals surface area contributed by atoms with Crippen molar-refractivity contribution < 1.29 is 0 Å². The van der Waals surface area contributed by atoms with E-state index in [0.717, 1.165) is 0 Å². The number of hydrogen-bond donors (Lipinski definition) is 0. The Hall–Kier alpha value is -1.77. The number of para-hydroxylation sites is 1. The summed E-state index contributed by atoms with van der Waals surface area (Å²) >= 11 is 0. The van der Waals surface area contributed by atoms with Crippen LogP contribution < -0.4 is 4.90 Å². The van der Waals surface area contributed by atoms with Gasteiger partial charge in [-0.2, -0.15) is 0 Å². The van der Waals surface area contributed by atoms with Crippen LogP contribution in [0, 0.1) is 6.92 Å². The molecule has 0 saturated heterocycles. The van der Waals surface area contributed by atoms with Gasteiger partial charge in [-0.15, -0.1) is 0 Å². The lowest BCUT2D eigenvalue weighted by atomic mass is 9.92. The molecule has 2 aliphatic rings. The van der Waals surface area contributed by atoms with E-state index in [9.17, 15) is 0 Å². The van der Waals surface area contributed by atoms with Gasteiger partial charge in [0.25, 0.3) is 0 Å². The first-order chi connectivity index (χ1) is 10.1. The Kier molecular flexibility index (Phi) is 2.69. The number of benzene rings is 1. The molecule has 1 fully saturated rings. The normalized spacial score (nSPS) is 23.0. The third-order valence-corrected chi connectivity index (χ3v) is 5.46. The Morgan fingerprint density at radius 1 is 1.19 bits per heavy atom. The monoisotopic (exact) mass is 281 g/mol. The van der Waals surface area contributed by atoms with Crippen LogP contribution in [0.25, 0.3) is 0 Å². The maximum atomic E-state index is 4.72. The van der Waals surface area contributed by atoms with Crippen LogP contribution in [0.15, 0.2) is 30.6 Å². The fraction of sp³-hybridized carbons (Fsp3) is 0.500. The molecule has 1 spiro atoms. The zero-order chi connectivity index (χ0) is 14.6. The van der Waals surface area contributed by atoms with E-state index in [2.05, 4.69) is 54.6 Å². The molecule has 110 valence electrons. The van der Waals surface area contributed by atoms with Crippen molar-refractivity contribution in [1.82, 2.24) is 9.55 Å². The molecule has 3 heteroatoms. The van der Waals surface area contributed by atoms with E-state index in [0.29, 0.717) is 6.04 Å². The van der Waals surface area contributed by atoms with Gasteiger partial charge in [0.05, 0.1) is 29.3 Å².